The molecule has 0 atom stereocenters. The van der Waals surface area contributed by atoms with Gasteiger partial charge in [-0.15, -0.1) is 0 Å². The van der Waals surface area contributed by atoms with E-state index in [-0.39, 0.29) is 18.3 Å². The first-order valence-electron chi connectivity index (χ1n) is 9.72. The fourth-order valence-electron chi connectivity index (χ4n) is 3.44. The highest BCUT2D eigenvalue weighted by Crippen LogP contribution is 2.14. The highest BCUT2D eigenvalue weighted by molar-refractivity contribution is 5.99. The molecule has 0 aromatic heterocycles. The van der Waals surface area contributed by atoms with Crippen LogP contribution in [-0.2, 0) is 4.79 Å². The second-order valence-electron chi connectivity index (χ2n) is 7.50. The number of ketones is 1. The smallest absolute Gasteiger partial charge is 0.260 e. The molecule has 1 saturated heterocycles. The van der Waals surface area contributed by atoms with E-state index in [0.717, 1.165) is 22.3 Å². The topological polar surface area (TPSA) is 49.9 Å². The Hall–Kier alpha value is -2.66. The lowest BCUT2D eigenvalue weighted by molar-refractivity contribution is -0.135. The quantitative estimate of drug-likeness (QED) is 0.723. The van der Waals surface area contributed by atoms with Crippen LogP contribution in [0.1, 0.15) is 27.0 Å². The van der Waals surface area contributed by atoms with Crippen LogP contribution in [0.15, 0.2) is 42.5 Å². The van der Waals surface area contributed by atoms with Crippen molar-refractivity contribution in [1.82, 2.24) is 9.80 Å². The zero-order valence-corrected chi connectivity index (χ0v) is 16.9. The fourth-order valence-corrected chi connectivity index (χ4v) is 3.44. The Morgan fingerprint density at radius 3 is 2.18 bits per heavy atom. The number of Topliss-reactive ketones (excluding diaryl/α,β-unsaturated/α-hetero) is 1. The third-order valence-corrected chi connectivity index (χ3v) is 5.16. The lowest BCUT2D eigenvalue weighted by Gasteiger charge is -2.34. The number of amides is 1. The van der Waals surface area contributed by atoms with Gasteiger partial charge in [-0.2, -0.15) is 0 Å². The van der Waals surface area contributed by atoms with E-state index < -0.39 is 0 Å². The molecule has 0 unspecified atom stereocenters. The molecule has 1 aliphatic heterocycles. The van der Waals surface area contributed by atoms with Gasteiger partial charge in [-0.3, -0.25) is 14.5 Å². The third-order valence-electron chi connectivity index (χ3n) is 5.16. The van der Waals surface area contributed by atoms with Gasteiger partial charge in [0.2, 0.25) is 0 Å². The number of carbonyl (C=O) groups is 2. The first-order chi connectivity index (χ1) is 13.4. The molecule has 2 aromatic carbocycles. The Balaban J connectivity index is 1.45. The molecular formula is C23H28N2O3. The van der Waals surface area contributed by atoms with Gasteiger partial charge in [0.15, 0.2) is 12.4 Å². The Bertz CT molecular complexity index is 837. The van der Waals surface area contributed by atoms with Gasteiger partial charge in [-0.05, 0) is 38.5 Å². The average molecular weight is 380 g/mol. The molecule has 5 nitrogen and oxygen atoms in total. The minimum atomic E-state index is -0.0130. The predicted molar refractivity (Wildman–Crippen MR) is 110 cm³/mol. The molecule has 2 aromatic rings. The number of ether oxygens (including phenoxy) is 1. The molecule has 148 valence electrons. The standard InChI is InChI=1S/C23H28N2O3/c1-17-4-7-20(8-5-17)28-16-23(27)25-12-10-24(11-13-25)15-22(26)21-9-6-18(2)14-19(21)3/h4-9,14H,10-13,15-16H2,1-3H3. The second-order valence-corrected chi connectivity index (χ2v) is 7.50. The molecular weight excluding hydrogens is 352 g/mol. The van der Waals surface area contributed by atoms with Gasteiger partial charge in [-0.1, -0.05) is 41.5 Å². The fraction of sp³-hybridized carbons (Fsp3) is 0.391. The highest BCUT2D eigenvalue weighted by Gasteiger charge is 2.23. The minimum Gasteiger partial charge on any atom is -0.484 e. The maximum atomic E-state index is 12.6. The van der Waals surface area contributed by atoms with Crippen molar-refractivity contribution in [1.29, 1.82) is 0 Å². The minimum absolute atomic E-state index is 0.0130. The van der Waals surface area contributed by atoms with Crippen LogP contribution in [0.25, 0.3) is 0 Å². The Labute approximate surface area is 166 Å². The largest absolute Gasteiger partial charge is 0.484 e. The number of rotatable bonds is 6. The molecule has 28 heavy (non-hydrogen) atoms. The number of piperazine rings is 1. The summed E-state index contributed by atoms with van der Waals surface area (Å²) in [5, 5.41) is 0. The number of carbonyl (C=O) groups excluding carboxylic acids is 2. The van der Waals surface area contributed by atoms with Crippen LogP contribution in [-0.4, -0.2) is 60.8 Å². The molecule has 1 heterocycles. The summed E-state index contributed by atoms with van der Waals surface area (Å²) in [5.74, 6) is 0.831. The van der Waals surface area contributed by atoms with Gasteiger partial charge in [0.25, 0.3) is 5.91 Å². The van der Waals surface area contributed by atoms with E-state index in [0.29, 0.717) is 38.5 Å². The molecule has 0 spiro atoms. The van der Waals surface area contributed by atoms with Crippen LogP contribution in [0.5, 0.6) is 5.75 Å². The van der Waals surface area contributed by atoms with Crippen LogP contribution in [0.3, 0.4) is 0 Å². The number of hydrogen-bond acceptors (Lipinski definition) is 4. The van der Waals surface area contributed by atoms with Gasteiger partial charge < -0.3 is 9.64 Å². The maximum Gasteiger partial charge on any atom is 0.260 e. The van der Waals surface area contributed by atoms with Crippen molar-refractivity contribution in [3.8, 4) is 5.75 Å². The summed E-state index contributed by atoms with van der Waals surface area (Å²) < 4.78 is 5.59. The van der Waals surface area contributed by atoms with Gasteiger partial charge in [-0.25, -0.2) is 0 Å². The molecule has 0 bridgehead atoms. The maximum absolute atomic E-state index is 12.6. The summed E-state index contributed by atoms with van der Waals surface area (Å²) in [4.78, 5) is 28.9. The first kappa shape index (κ1) is 20.1. The molecule has 1 aliphatic rings. The lowest BCUT2D eigenvalue weighted by atomic mass is 10.0. The van der Waals surface area contributed by atoms with Crippen molar-refractivity contribution in [3.05, 3.63) is 64.7 Å². The first-order valence-corrected chi connectivity index (χ1v) is 9.72. The second kappa shape index (κ2) is 9.02. The Morgan fingerprint density at radius 2 is 1.54 bits per heavy atom. The third kappa shape index (κ3) is 5.20. The molecule has 1 amide bonds. The van der Waals surface area contributed by atoms with Crippen LogP contribution in [0.4, 0.5) is 0 Å². The van der Waals surface area contributed by atoms with E-state index in [4.69, 9.17) is 4.74 Å². The van der Waals surface area contributed by atoms with Gasteiger partial charge in [0.05, 0.1) is 6.54 Å². The van der Waals surface area contributed by atoms with E-state index in [9.17, 15) is 9.59 Å². The Kier molecular flexibility index (Phi) is 6.47. The van der Waals surface area contributed by atoms with E-state index in [1.165, 1.54) is 0 Å². The monoisotopic (exact) mass is 380 g/mol. The van der Waals surface area contributed by atoms with Crippen molar-refractivity contribution in [2.75, 3.05) is 39.3 Å². The summed E-state index contributed by atoms with van der Waals surface area (Å²) in [7, 11) is 0. The predicted octanol–water partition coefficient (Wildman–Crippen LogP) is 3.02. The number of hydrogen-bond donors (Lipinski definition) is 0. The van der Waals surface area contributed by atoms with Crippen molar-refractivity contribution in [2.24, 2.45) is 0 Å². The summed E-state index contributed by atoms with van der Waals surface area (Å²) in [6, 6.07) is 13.6. The van der Waals surface area contributed by atoms with E-state index in [1.54, 1.807) is 0 Å². The lowest BCUT2D eigenvalue weighted by Crippen LogP contribution is -2.51. The van der Waals surface area contributed by atoms with Crippen molar-refractivity contribution < 1.29 is 14.3 Å². The molecule has 0 aliphatic carbocycles. The SMILES string of the molecule is Cc1ccc(OCC(=O)N2CCN(CC(=O)c3ccc(C)cc3C)CC2)cc1. The van der Waals surface area contributed by atoms with E-state index >= 15 is 0 Å². The average Bonchev–Trinajstić information content (AvgIpc) is 2.67. The van der Waals surface area contributed by atoms with Gasteiger partial charge in [0, 0.05) is 31.7 Å². The number of nitrogens with zero attached hydrogens (tertiary/aromatic N) is 2. The summed E-state index contributed by atoms with van der Waals surface area (Å²) in [6.45, 7) is 9.10. The summed E-state index contributed by atoms with van der Waals surface area (Å²) in [6.07, 6.45) is 0. The van der Waals surface area contributed by atoms with Crippen molar-refractivity contribution >= 4 is 11.7 Å². The molecule has 3 rings (SSSR count). The Morgan fingerprint density at radius 1 is 0.893 bits per heavy atom. The van der Waals surface area contributed by atoms with Gasteiger partial charge in [0.1, 0.15) is 5.75 Å². The zero-order valence-electron chi connectivity index (χ0n) is 16.9. The molecule has 0 N–H and O–H groups in total. The molecule has 0 saturated carbocycles. The van der Waals surface area contributed by atoms with Crippen LogP contribution >= 0.6 is 0 Å². The number of benzene rings is 2. The van der Waals surface area contributed by atoms with Crippen molar-refractivity contribution in [2.45, 2.75) is 20.8 Å². The normalized spacial score (nSPS) is 14.8. The molecule has 0 radical (unpaired) electrons. The van der Waals surface area contributed by atoms with Crippen molar-refractivity contribution in [3.63, 3.8) is 0 Å². The van der Waals surface area contributed by atoms with E-state index in [1.807, 2.05) is 68.1 Å². The molecule has 1 fully saturated rings. The summed E-state index contributed by atoms with van der Waals surface area (Å²) >= 11 is 0. The summed E-state index contributed by atoms with van der Waals surface area (Å²) in [5.41, 5.74) is 4.13. The van der Waals surface area contributed by atoms with E-state index in [2.05, 4.69) is 4.90 Å². The van der Waals surface area contributed by atoms with Crippen LogP contribution in [0.2, 0.25) is 0 Å². The zero-order chi connectivity index (χ0) is 20.1. The van der Waals surface area contributed by atoms with Crippen LogP contribution < -0.4 is 4.74 Å². The van der Waals surface area contributed by atoms with Gasteiger partial charge >= 0.3 is 0 Å². The van der Waals surface area contributed by atoms with Crippen LogP contribution in [0, 0.1) is 20.8 Å². The molecule has 5 heteroatoms. The highest BCUT2D eigenvalue weighted by atomic mass is 16.5. The number of aryl methyl sites for hydroxylation is 3.